The highest BCUT2D eigenvalue weighted by molar-refractivity contribution is 5.74. The maximum absolute atomic E-state index is 12.9. The maximum Gasteiger partial charge on any atom is 0.416 e. The van der Waals surface area contributed by atoms with Crippen molar-refractivity contribution in [1.82, 2.24) is 10.2 Å². The molecule has 0 bridgehead atoms. The van der Waals surface area contributed by atoms with Crippen LogP contribution in [0.3, 0.4) is 0 Å². The maximum atomic E-state index is 12.9. The molecule has 0 aliphatic carbocycles. The van der Waals surface area contributed by atoms with Crippen molar-refractivity contribution in [3.8, 4) is 0 Å². The molecule has 1 N–H and O–H groups in total. The Balaban J connectivity index is 1.58. The van der Waals surface area contributed by atoms with E-state index in [1.54, 1.807) is 17.0 Å². The number of morpholine rings is 1. The van der Waals surface area contributed by atoms with Gasteiger partial charge in [0.1, 0.15) is 11.9 Å². The molecule has 1 atom stereocenters. The zero-order chi connectivity index (χ0) is 19.4. The molecule has 4 nitrogen and oxygen atoms in total. The van der Waals surface area contributed by atoms with Gasteiger partial charge in [0.2, 0.25) is 0 Å². The topological polar surface area (TPSA) is 41.6 Å². The lowest BCUT2D eigenvalue weighted by atomic mass is 10.1. The van der Waals surface area contributed by atoms with Gasteiger partial charge in [-0.05, 0) is 35.4 Å². The fourth-order valence-corrected chi connectivity index (χ4v) is 2.81. The Labute approximate surface area is 153 Å². The van der Waals surface area contributed by atoms with Crippen LogP contribution in [0, 0.1) is 5.82 Å². The standard InChI is InChI=1S/C19H18F4N2O2/c20-16-7-1-13(2-8-16)11-24-18(26)25-9-10-27-17(12-25)14-3-5-15(6-4-14)19(21,22)23/h1-8,17H,9-12H2,(H,24,26)/t17-/m1/s1. The summed E-state index contributed by atoms with van der Waals surface area (Å²) in [4.78, 5) is 13.9. The normalized spacial score (nSPS) is 17.6. The van der Waals surface area contributed by atoms with Crippen LogP contribution in [0.1, 0.15) is 22.8 Å². The zero-order valence-electron chi connectivity index (χ0n) is 14.3. The predicted octanol–water partition coefficient (Wildman–Crippen LogP) is 4.13. The number of hydrogen-bond acceptors (Lipinski definition) is 2. The first-order valence-electron chi connectivity index (χ1n) is 8.39. The lowest BCUT2D eigenvalue weighted by molar-refractivity contribution is -0.137. The Kier molecular flexibility index (Phi) is 5.65. The molecule has 27 heavy (non-hydrogen) atoms. The summed E-state index contributed by atoms with van der Waals surface area (Å²) in [5.41, 5.74) is 0.618. The average molecular weight is 382 g/mol. The van der Waals surface area contributed by atoms with E-state index in [-0.39, 0.29) is 31.5 Å². The van der Waals surface area contributed by atoms with E-state index in [2.05, 4.69) is 5.32 Å². The number of carbonyl (C=O) groups excluding carboxylic acids is 1. The number of halogens is 4. The quantitative estimate of drug-likeness (QED) is 0.812. The van der Waals surface area contributed by atoms with Crippen molar-refractivity contribution in [3.63, 3.8) is 0 Å². The summed E-state index contributed by atoms with van der Waals surface area (Å²) in [5, 5.41) is 2.75. The molecule has 1 fully saturated rings. The average Bonchev–Trinajstić information content (AvgIpc) is 2.67. The van der Waals surface area contributed by atoms with Gasteiger partial charge in [-0.3, -0.25) is 0 Å². The molecular formula is C19H18F4N2O2. The molecule has 0 unspecified atom stereocenters. The fourth-order valence-electron chi connectivity index (χ4n) is 2.81. The summed E-state index contributed by atoms with van der Waals surface area (Å²) in [6.07, 6.45) is -4.88. The Morgan fingerprint density at radius 1 is 1.11 bits per heavy atom. The number of amides is 2. The number of carbonyl (C=O) groups is 1. The molecule has 144 valence electrons. The van der Waals surface area contributed by atoms with Gasteiger partial charge in [-0.1, -0.05) is 24.3 Å². The van der Waals surface area contributed by atoms with E-state index >= 15 is 0 Å². The molecule has 0 aromatic heterocycles. The van der Waals surface area contributed by atoms with Crippen LogP contribution in [0.4, 0.5) is 22.4 Å². The lowest BCUT2D eigenvalue weighted by Gasteiger charge is -2.33. The minimum Gasteiger partial charge on any atom is -0.370 e. The summed E-state index contributed by atoms with van der Waals surface area (Å²) >= 11 is 0. The smallest absolute Gasteiger partial charge is 0.370 e. The van der Waals surface area contributed by atoms with Crippen LogP contribution in [0.15, 0.2) is 48.5 Å². The third-order valence-corrected chi connectivity index (χ3v) is 4.32. The third kappa shape index (κ3) is 4.97. The monoisotopic (exact) mass is 382 g/mol. The number of alkyl halides is 3. The van der Waals surface area contributed by atoms with Crippen LogP contribution < -0.4 is 5.32 Å². The minimum atomic E-state index is -4.39. The van der Waals surface area contributed by atoms with Crippen LogP contribution in [0.25, 0.3) is 0 Å². The summed E-state index contributed by atoms with van der Waals surface area (Å²) in [6.45, 7) is 1.16. The van der Waals surface area contributed by atoms with Crippen molar-refractivity contribution >= 4 is 6.03 Å². The van der Waals surface area contributed by atoms with E-state index in [1.807, 2.05) is 0 Å². The van der Waals surface area contributed by atoms with Crippen LogP contribution >= 0.6 is 0 Å². The van der Waals surface area contributed by atoms with Gasteiger partial charge in [-0.2, -0.15) is 13.2 Å². The van der Waals surface area contributed by atoms with Crippen LogP contribution in [0.2, 0.25) is 0 Å². The Morgan fingerprint density at radius 2 is 1.78 bits per heavy atom. The van der Waals surface area contributed by atoms with Gasteiger partial charge in [0.05, 0.1) is 18.7 Å². The Morgan fingerprint density at radius 3 is 2.41 bits per heavy atom. The second-order valence-corrected chi connectivity index (χ2v) is 6.21. The molecular weight excluding hydrogens is 364 g/mol. The van der Waals surface area contributed by atoms with Gasteiger partial charge in [0.25, 0.3) is 0 Å². The number of hydrogen-bond donors (Lipinski definition) is 1. The number of rotatable bonds is 3. The first-order valence-corrected chi connectivity index (χ1v) is 8.39. The number of ether oxygens (including phenoxy) is 1. The van der Waals surface area contributed by atoms with E-state index in [9.17, 15) is 22.4 Å². The van der Waals surface area contributed by atoms with E-state index in [1.165, 1.54) is 24.3 Å². The SMILES string of the molecule is O=C(NCc1ccc(F)cc1)N1CCO[C@@H](c2ccc(C(F)(F)F)cc2)C1. The molecule has 1 saturated heterocycles. The number of urea groups is 1. The van der Waals surface area contributed by atoms with Crippen molar-refractivity contribution in [2.75, 3.05) is 19.7 Å². The van der Waals surface area contributed by atoms with Gasteiger partial charge in [0.15, 0.2) is 0 Å². The van der Waals surface area contributed by atoms with Crippen molar-refractivity contribution in [1.29, 1.82) is 0 Å². The van der Waals surface area contributed by atoms with E-state index < -0.39 is 17.8 Å². The van der Waals surface area contributed by atoms with Crippen molar-refractivity contribution in [2.45, 2.75) is 18.8 Å². The highest BCUT2D eigenvalue weighted by Gasteiger charge is 2.31. The van der Waals surface area contributed by atoms with Gasteiger partial charge in [-0.15, -0.1) is 0 Å². The highest BCUT2D eigenvalue weighted by atomic mass is 19.4. The fraction of sp³-hybridized carbons (Fsp3) is 0.316. The number of nitrogens with zero attached hydrogens (tertiary/aromatic N) is 1. The summed E-state index contributed by atoms with van der Waals surface area (Å²) in [7, 11) is 0. The predicted molar refractivity (Wildman–Crippen MR) is 90.3 cm³/mol. The summed E-state index contributed by atoms with van der Waals surface area (Å²) in [5.74, 6) is -0.349. The van der Waals surface area contributed by atoms with Crippen LogP contribution in [-0.2, 0) is 17.5 Å². The van der Waals surface area contributed by atoms with Gasteiger partial charge < -0.3 is 15.0 Å². The molecule has 2 aromatic rings. The Hall–Kier alpha value is -2.61. The van der Waals surface area contributed by atoms with Gasteiger partial charge >= 0.3 is 12.2 Å². The summed E-state index contributed by atoms with van der Waals surface area (Å²) in [6, 6.07) is 10.2. The zero-order valence-corrected chi connectivity index (χ0v) is 14.3. The van der Waals surface area contributed by atoms with Crippen LogP contribution in [0.5, 0.6) is 0 Å². The first kappa shape index (κ1) is 19.2. The molecule has 1 heterocycles. The van der Waals surface area contributed by atoms with Gasteiger partial charge in [0, 0.05) is 13.1 Å². The largest absolute Gasteiger partial charge is 0.416 e. The molecule has 1 aliphatic rings. The number of benzene rings is 2. The van der Waals surface area contributed by atoms with Crippen molar-refractivity contribution in [2.24, 2.45) is 0 Å². The van der Waals surface area contributed by atoms with E-state index in [0.717, 1.165) is 17.7 Å². The second-order valence-electron chi connectivity index (χ2n) is 6.21. The first-order chi connectivity index (χ1) is 12.8. The number of nitrogens with one attached hydrogen (secondary N) is 1. The second kappa shape index (κ2) is 7.96. The van der Waals surface area contributed by atoms with Crippen molar-refractivity contribution in [3.05, 3.63) is 71.0 Å². The van der Waals surface area contributed by atoms with E-state index in [4.69, 9.17) is 4.74 Å². The molecule has 2 amide bonds. The third-order valence-electron chi connectivity index (χ3n) is 4.32. The van der Waals surface area contributed by atoms with Gasteiger partial charge in [-0.25, -0.2) is 9.18 Å². The molecule has 0 radical (unpaired) electrons. The summed E-state index contributed by atoms with van der Waals surface area (Å²) < 4.78 is 56.5. The molecule has 1 aliphatic heterocycles. The highest BCUT2D eigenvalue weighted by Crippen LogP contribution is 2.31. The minimum absolute atomic E-state index is 0.237. The molecule has 0 saturated carbocycles. The van der Waals surface area contributed by atoms with Crippen LogP contribution in [-0.4, -0.2) is 30.6 Å². The van der Waals surface area contributed by atoms with Crippen molar-refractivity contribution < 1.29 is 27.1 Å². The van der Waals surface area contributed by atoms with E-state index in [0.29, 0.717) is 12.1 Å². The Bertz CT molecular complexity index is 776. The molecule has 8 heteroatoms. The molecule has 0 spiro atoms. The molecule has 2 aromatic carbocycles. The molecule has 3 rings (SSSR count). The lowest BCUT2D eigenvalue weighted by Crippen LogP contribution is -2.46.